The van der Waals surface area contributed by atoms with E-state index < -0.39 is 11.8 Å². The van der Waals surface area contributed by atoms with Crippen molar-refractivity contribution in [2.75, 3.05) is 23.5 Å². The highest BCUT2D eigenvalue weighted by Gasteiger charge is 2.16. The average Bonchev–Trinajstić information content (AvgIpc) is 3.66. The molecule has 1 heterocycles. The number of benzene rings is 5. The first-order valence-electron chi connectivity index (χ1n) is 16.2. The summed E-state index contributed by atoms with van der Waals surface area (Å²) >= 11 is 2.71. The zero-order valence-corrected chi connectivity index (χ0v) is 29.7. The molecule has 52 heavy (non-hydrogen) atoms. The van der Waals surface area contributed by atoms with Crippen LogP contribution >= 0.6 is 23.1 Å². The third-order valence-corrected chi connectivity index (χ3v) is 9.34. The van der Waals surface area contributed by atoms with Crippen LogP contribution in [0.4, 0.5) is 10.8 Å². The van der Waals surface area contributed by atoms with E-state index in [1.807, 2.05) is 102 Å². The van der Waals surface area contributed by atoms with Crippen LogP contribution in [0.15, 0.2) is 149 Å². The monoisotopic (exact) mass is 726 g/mol. The number of rotatable bonds is 14. The number of hydrogen-bond acceptors (Lipinski definition) is 8. The second-order valence-corrected chi connectivity index (χ2v) is 13.2. The number of carbonyl (C=O) groups is 3. The number of hydrogen-bond donors (Lipinski definition) is 3. The highest BCUT2D eigenvalue weighted by molar-refractivity contribution is 8.00. The predicted octanol–water partition coefficient (Wildman–Crippen LogP) is 8.54. The summed E-state index contributed by atoms with van der Waals surface area (Å²) in [5.74, 6) is 0.492. The number of aromatic nitrogens is 1. The third-order valence-electron chi connectivity index (χ3n) is 7.57. The highest BCUT2D eigenvalue weighted by atomic mass is 32.2. The molecular weight excluding hydrogens is 693 g/mol. The minimum Gasteiger partial charge on any atom is -0.497 e. The van der Waals surface area contributed by atoms with Gasteiger partial charge in [0.05, 0.1) is 18.6 Å². The van der Waals surface area contributed by atoms with Gasteiger partial charge < -0.3 is 25.4 Å². The van der Waals surface area contributed by atoms with Crippen LogP contribution in [0.3, 0.4) is 0 Å². The Morgan fingerprint density at radius 2 is 1.52 bits per heavy atom. The van der Waals surface area contributed by atoms with Crippen LogP contribution in [0.25, 0.3) is 17.3 Å². The summed E-state index contributed by atoms with van der Waals surface area (Å²) < 4.78 is 11.2. The molecule has 260 valence electrons. The van der Waals surface area contributed by atoms with Crippen LogP contribution < -0.4 is 25.4 Å². The van der Waals surface area contributed by atoms with E-state index in [-0.39, 0.29) is 17.4 Å². The van der Waals surface area contributed by atoms with Gasteiger partial charge in [0.1, 0.15) is 23.8 Å². The largest absolute Gasteiger partial charge is 0.497 e. The molecule has 0 saturated heterocycles. The molecule has 0 spiro atoms. The number of methoxy groups -OCH3 is 1. The minimum absolute atomic E-state index is 0.0682. The Kier molecular flexibility index (Phi) is 12.1. The Balaban J connectivity index is 1.06. The fraction of sp³-hybridized carbons (Fsp3) is 0.0732. The van der Waals surface area contributed by atoms with Crippen molar-refractivity contribution in [2.24, 2.45) is 0 Å². The summed E-state index contributed by atoms with van der Waals surface area (Å²) in [6, 6.07) is 40.5. The van der Waals surface area contributed by atoms with Gasteiger partial charge in [-0.3, -0.25) is 14.4 Å². The molecule has 0 unspecified atom stereocenters. The van der Waals surface area contributed by atoms with Gasteiger partial charge in [0, 0.05) is 27.1 Å². The summed E-state index contributed by atoms with van der Waals surface area (Å²) in [7, 11) is 1.61. The second-order valence-electron chi connectivity index (χ2n) is 11.3. The van der Waals surface area contributed by atoms with Crippen molar-refractivity contribution in [1.29, 1.82) is 0 Å². The lowest BCUT2D eigenvalue weighted by Crippen LogP contribution is -2.30. The van der Waals surface area contributed by atoms with E-state index in [0.717, 1.165) is 27.5 Å². The Labute approximate surface area is 309 Å². The van der Waals surface area contributed by atoms with Crippen molar-refractivity contribution in [3.05, 3.63) is 161 Å². The van der Waals surface area contributed by atoms with Gasteiger partial charge in [0.2, 0.25) is 5.91 Å². The smallest absolute Gasteiger partial charge is 0.272 e. The fourth-order valence-electron chi connectivity index (χ4n) is 4.89. The molecule has 0 aliphatic carbocycles. The van der Waals surface area contributed by atoms with Crippen molar-refractivity contribution in [1.82, 2.24) is 10.3 Å². The maximum Gasteiger partial charge on any atom is 0.272 e. The first-order chi connectivity index (χ1) is 25.4. The highest BCUT2D eigenvalue weighted by Crippen LogP contribution is 2.28. The number of thioether (sulfide) groups is 1. The van der Waals surface area contributed by atoms with Gasteiger partial charge >= 0.3 is 0 Å². The van der Waals surface area contributed by atoms with Gasteiger partial charge in [-0.2, -0.15) is 0 Å². The predicted molar refractivity (Wildman–Crippen MR) is 208 cm³/mol. The van der Waals surface area contributed by atoms with Crippen molar-refractivity contribution < 1.29 is 23.9 Å². The molecule has 6 rings (SSSR count). The first kappa shape index (κ1) is 35.6. The molecule has 0 saturated carbocycles. The Hall–Kier alpha value is -6.17. The fourth-order valence-corrected chi connectivity index (χ4v) is 6.33. The van der Waals surface area contributed by atoms with Crippen LogP contribution in [0.1, 0.15) is 21.5 Å². The number of amides is 3. The Bertz CT molecular complexity index is 2150. The van der Waals surface area contributed by atoms with E-state index in [1.165, 1.54) is 23.1 Å². The molecule has 0 aliphatic heterocycles. The molecule has 3 amide bonds. The lowest BCUT2D eigenvalue weighted by Gasteiger charge is -2.12. The van der Waals surface area contributed by atoms with E-state index in [0.29, 0.717) is 34.3 Å². The van der Waals surface area contributed by atoms with Crippen LogP contribution in [0.5, 0.6) is 11.5 Å². The number of anilines is 2. The number of ether oxygens (including phenoxy) is 2. The number of nitrogens with zero attached hydrogens (tertiary/aromatic N) is 1. The van der Waals surface area contributed by atoms with E-state index in [9.17, 15) is 14.4 Å². The molecule has 1 aromatic heterocycles. The molecule has 6 aromatic rings. The van der Waals surface area contributed by atoms with E-state index in [4.69, 9.17) is 9.47 Å². The van der Waals surface area contributed by atoms with Crippen LogP contribution in [-0.2, 0) is 16.2 Å². The maximum atomic E-state index is 13.5. The normalized spacial score (nSPS) is 11.0. The van der Waals surface area contributed by atoms with Crippen molar-refractivity contribution in [3.8, 4) is 22.8 Å². The van der Waals surface area contributed by atoms with Crippen LogP contribution in [0.2, 0.25) is 0 Å². The summed E-state index contributed by atoms with van der Waals surface area (Å²) in [4.78, 5) is 44.6. The van der Waals surface area contributed by atoms with Crippen molar-refractivity contribution in [2.45, 2.75) is 11.5 Å². The average molecular weight is 727 g/mol. The van der Waals surface area contributed by atoms with Gasteiger partial charge in [0.15, 0.2) is 5.13 Å². The third kappa shape index (κ3) is 10.2. The van der Waals surface area contributed by atoms with Crippen molar-refractivity contribution >= 4 is 57.7 Å². The lowest BCUT2D eigenvalue weighted by molar-refractivity contribution is -0.114. The summed E-state index contributed by atoms with van der Waals surface area (Å²) in [5, 5.41) is 10.9. The maximum absolute atomic E-state index is 13.5. The van der Waals surface area contributed by atoms with Gasteiger partial charge in [-0.15, -0.1) is 23.1 Å². The van der Waals surface area contributed by atoms with E-state index >= 15 is 0 Å². The number of carbonyl (C=O) groups excluding carboxylic acids is 3. The molecule has 0 atom stereocenters. The molecule has 11 heteroatoms. The lowest BCUT2D eigenvalue weighted by atomic mass is 10.1. The Morgan fingerprint density at radius 1 is 0.788 bits per heavy atom. The molecule has 0 aliphatic rings. The molecule has 0 bridgehead atoms. The molecule has 5 aromatic carbocycles. The van der Waals surface area contributed by atoms with Gasteiger partial charge in [0.25, 0.3) is 11.8 Å². The first-order valence-corrected chi connectivity index (χ1v) is 18.1. The van der Waals surface area contributed by atoms with Gasteiger partial charge in [-0.25, -0.2) is 4.98 Å². The summed E-state index contributed by atoms with van der Waals surface area (Å²) in [6.45, 7) is 0.431. The number of thiazole rings is 1. The van der Waals surface area contributed by atoms with Crippen LogP contribution in [-0.4, -0.2) is 35.6 Å². The van der Waals surface area contributed by atoms with Crippen LogP contribution in [0, 0.1) is 0 Å². The summed E-state index contributed by atoms with van der Waals surface area (Å²) in [6.07, 6.45) is 1.61. The molecular formula is C41H34N4O5S2. The molecule has 0 radical (unpaired) electrons. The van der Waals surface area contributed by atoms with E-state index in [1.54, 1.807) is 49.6 Å². The van der Waals surface area contributed by atoms with Crippen molar-refractivity contribution in [3.63, 3.8) is 0 Å². The van der Waals surface area contributed by atoms with Gasteiger partial charge in [-0.1, -0.05) is 72.8 Å². The topological polar surface area (TPSA) is 119 Å². The summed E-state index contributed by atoms with van der Waals surface area (Å²) in [5.41, 5.74) is 4.42. The minimum atomic E-state index is -0.495. The standard InChI is InChI=1S/C41H34N4O5S2/c1-49-34-14-8-13-31(24-34)37-26-52-41(44-37)45-38(46)27-51-35-21-17-32(18-22-35)42-40(48)36(43-39(47)30-11-6-3-7-12-30)23-28-15-19-33(20-16-28)50-25-29-9-4-2-5-10-29/h2-24,26H,25,27H2,1H3,(H,42,48)(H,43,47)(H,44,45,46)/b36-23-. The number of nitrogens with one attached hydrogen (secondary N) is 3. The molecule has 0 fully saturated rings. The molecule has 3 N–H and O–H groups in total. The van der Waals surface area contributed by atoms with E-state index in [2.05, 4.69) is 20.9 Å². The quantitative estimate of drug-likeness (QED) is 0.0761. The molecule has 9 nitrogen and oxygen atoms in total. The zero-order valence-electron chi connectivity index (χ0n) is 28.1. The van der Waals surface area contributed by atoms with Gasteiger partial charge in [-0.05, 0) is 77.9 Å². The Morgan fingerprint density at radius 3 is 2.25 bits per heavy atom. The second kappa shape index (κ2) is 17.7. The SMILES string of the molecule is COc1cccc(-c2csc(NC(=O)CSc3ccc(NC(=O)/C(=C/c4ccc(OCc5ccccc5)cc4)NC(=O)c4ccccc4)cc3)n2)c1. The zero-order chi connectivity index (χ0) is 36.1.